The number of benzene rings is 2. The molecule has 3 aromatic rings. The third-order valence-electron chi connectivity index (χ3n) is 4.89. The van der Waals surface area contributed by atoms with Gasteiger partial charge in [0.25, 0.3) is 5.91 Å². The molecule has 1 atom stereocenters. The third-order valence-corrected chi connectivity index (χ3v) is 5.86. The molecule has 0 fully saturated rings. The SMILES string of the molecule is CCn1c(SCC(=O)Nc2cccc(C(=O)OC(C)C)c2)nnc1[C@H](C)NC(=O)c1ccccc1. The van der Waals surface area contributed by atoms with Gasteiger partial charge in [-0.05, 0) is 58.0 Å². The summed E-state index contributed by atoms with van der Waals surface area (Å²) in [6, 6.07) is 15.2. The Morgan fingerprint density at radius 3 is 2.40 bits per heavy atom. The van der Waals surface area contributed by atoms with Crippen LogP contribution in [-0.4, -0.2) is 44.4 Å². The van der Waals surface area contributed by atoms with E-state index in [-0.39, 0.29) is 29.7 Å². The molecule has 0 aliphatic carbocycles. The van der Waals surface area contributed by atoms with Gasteiger partial charge in [0, 0.05) is 17.8 Å². The lowest BCUT2D eigenvalue weighted by atomic mass is 10.2. The first-order valence-corrected chi connectivity index (χ1v) is 12.3. The molecule has 2 aromatic carbocycles. The number of nitrogens with zero attached hydrogens (tertiary/aromatic N) is 3. The quantitative estimate of drug-likeness (QED) is 0.322. The molecule has 184 valence electrons. The van der Waals surface area contributed by atoms with Crippen LogP contribution in [0.25, 0.3) is 0 Å². The minimum Gasteiger partial charge on any atom is -0.459 e. The van der Waals surface area contributed by atoms with E-state index in [9.17, 15) is 14.4 Å². The Morgan fingerprint density at radius 2 is 1.71 bits per heavy atom. The molecule has 0 spiro atoms. The molecule has 0 bridgehead atoms. The van der Waals surface area contributed by atoms with E-state index in [2.05, 4.69) is 20.8 Å². The van der Waals surface area contributed by atoms with Gasteiger partial charge < -0.3 is 19.9 Å². The molecule has 3 rings (SSSR count). The van der Waals surface area contributed by atoms with Crippen molar-refractivity contribution in [2.24, 2.45) is 0 Å². The summed E-state index contributed by atoms with van der Waals surface area (Å²) in [7, 11) is 0. The zero-order valence-corrected chi connectivity index (χ0v) is 21.0. The van der Waals surface area contributed by atoms with Gasteiger partial charge in [-0.15, -0.1) is 10.2 Å². The summed E-state index contributed by atoms with van der Waals surface area (Å²) in [4.78, 5) is 37.1. The maximum absolute atomic E-state index is 12.5. The Kier molecular flexibility index (Phi) is 9.02. The zero-order chi connectivity index (χ0) is 25.4. The van der Waals surface area contributed by atoms with Crippen LogP contribution in [-0.2, 0) is 16.1 Å². The van der Waals surface area contributed by atoms with Crippen LogP contribution in [0.3, 0.4) is 0 Å². The van der Waals surface area contributed by atoms with Crippen molar-refractivity contribution in [2.75, 3.05) is 11.1 Å². The van der Waals surface area contributed by atoms with Gasteiger partial charge in [-0.3, -0.25) is 9.59 Å². The van der Waals surface area contributed by atoms with Gasteiger partial charge in [-0.2, -0.15) is 0 Å². The molecule has 0 aliphatic heterocycles. The summed E-state index contributed by atoms with van der Waals surface area (Å²) in [6.07, 6.45) is -0.229. The van der Waals surface area contributed by atoms with Gasteiger partial charge in [-0.25, -0.2) is 4.79 Å². The lowest BCUT2D eigenvalue weighted by Gasteiger charge is -2.15. The summed E-state index contributed by atoms with van der Waals surface area (Å²) in [5, 5.41) is 14.8. The summed E-state index contributed by atoms with van der Waals surface area (Å²) >= 11 is 1.24. The molecule has 1 heterocycles. The molecule has 0 saturated carbocycles. The molecule has 0 radical (unpaired) electrons. The lowest BCUT2D eigenvalue weighted by molar-refractivity contribution is -0.113. The standard InChI is InChI=1S/C25H29N5O4S/c1-5-30-22(17(4)26-23(32)18-10-7-6-8-11-18)28-29-25(30)35-15-21(31)27-20-13-9-12-19(14-20)24(33)34-16(2)3/h6-14,16-17H,5,15H2,1-4H3,(H,26,32)(H,27,31)/t17-/m0/s1. The van der Waals surface area contributed by atoms with Crippen LogP contribution in [0.4, 0.5) is 5.69 Å². The number of aromatic nitrogens is 3. The van der Waals surface area contributed by atoms with Crippen molar-refractivity contribution in [3.63, 3.8) is 0 Å². The highest BCUT2D eigenvalue weighted by Crippen LogP contribution is 2.21. The first kappa shape index (κ1) is 26.0. The number of amides is 2. The average molecular weight is 496 g/mol. The number of thioether (sulfide) groups is 1. The number of ether oxygens (including phenoxy) is 1. The van der Waals surface area contributed by atoms with Crippen LogP contribution in [0, 0.1) is 0 Å². The van der Waals surface area contributed by atoms with E-state index < -0.39 is 5.97 Å². The predicted octanol–water partition coefficient (Wildman–Crippen LogP) is 4.09. The zero-order valence-electron chi connectivity index (χ0n) is 20.1. The van der Waals surface area contributed by atoms with Gasteiger partial charge in [0.05, 0.1) is 23.5 Å². The van der Waals surface area contributed by atoms with Crippen molar-refractivity contribution in [2.45, 2.75) is 51.5 Å². The minimum atomic E-state index is -0.442. The van der Waals surface area contributed by atoms with E-state index in [4.69, 9.17) is 4.74 Å². The fraction of sp³-hybridized carbons (Fsp3) is 0.320. The molecule has 0 unspecified atom stereocenters. The molecular formula is C25H29N5O4S. The van der Waals surface area contributed by atoms with Crippen LogP contribution in [0.5, 0.6) is 0 Å². The molecule has 2 N–H and O–H groups in total. The maximum Gasteiger partial charge on any atom is 0.338 e. The van der Waals surface area contributed by atoms with Crippen molar-refractivity contribution in [3.05, 3.63) is 71.5 Å². The lowest BCUT2D eigenvalue weighted by Crippen LogP contribution is -2.28. The smallest absolute Gasteiger partial charge is 0.338 e. The maximum atomic E-state index is 12.5. The Morgan fingerprint density at radius 1 is 1.00 bits per heavy atom. The fourth-order valence-corrected chi connectivity index (χ4v) is 4.10. The van der Waals surface area contributed by atoms with Crippen LogP contribution < -0.4 is 10.6 Å². The van der Waals surface area contributed by atoms with Crippen LogP contribution >= 0.6 is 11.8 Å². The second-order valence-electron chi connectivity index (χ2n) is 8.02. The predicted molar refractivity (Wildman–Crippen MR) is 134 cm³/mol. The van der Waals surface area contributed by atoms with Gasteiger partial charge >= 0.3 is 5.97 Å². The first-order valence-electron chi connectivity index (χ1n) is 11.3. The van der Waals surface area contributed by atoms with E-state index in [1.54, 1.807) is 50.2 Å². The Labute approximate surface area is 208 Å². The molecule has 1 aromatic heterocycles. The summed E-state index contributed by atoms with van der Waals surface area (Å²) in [5.41, 5.74) is 1.43. The largest absolute Gasteiger partial charge is 0.459 e. The average Bonchev–Trinajstić information content (AvgIpc) is 3.26. The van der Waals surface area contributed by atoms with Crippen molar-refractivity contribution < 1.29 is 19.1 Å². The summed E-state index contributed by atoms with van der Waals surface area (Å²) in [6.45, 7) is 7.93. The van der Waals surface area contributed by atoms with Crippen molar-refractivity contribution in [1.82, 2.24) is 20.1 Å². The highest BCUT2D eigenvalue weighted by molar-refractivity contribution is 7.99. The summed E-state index contributed by atoms with van der Waals surface area (Å²) < 4.78 is 7.07. The Bertz CT molecular complexity index is 1180. The van der Waals surface area contributed by atoms with Crippen LogP contribution in [0.1, 0.15) is 60.3 Å². The molecule has 10 heteroatoms. The number of carbonyl (C=O) groups excluding carboxylic acids is 3. The van der Waals surface area contributed by atoms with Crippen molar-refractivity contribution in [3.8, 4) is 0 Å². The second-order valence-corrected chi connectivity index (χ2v) is 8.96. The third kappa shape index (κ3) is 7.16. The second kappa shape index (κ2) is 12.2. The topological polar surface area (TPSA) is 115 Å². The van der Waals surface area contributed by atoms with Gasteiger partial charge in [0.1, 0.15) is 0 Å². The van der Waals surface area contributed by atoms with E-state index in [0.717, 1.165) is 0 Å². The highest BCUT2D eigenvalue weighted by atomic mass is 32.2. The molecule has 0 aliphatic rings. The molecule has 0 saturated heterocycles. The minimum absolute atomic E-state index is 0.101. The number of hydrogen-bond donors (Lipinski definition) is 2. The number of carbonyl (C=O) groups is 3. The van der Waals surface area contributed by atoms with Gasteiger partial charge in [-0.1, -0.05) is 36.0 Å². The first-order chi connectivity index (χ1) is 16.8. The van der Waals surface area contributed by atoms with E-state index >= 15 is 0 Å². The highest BCUT2D eigenvalue weighted by Gasteiger charge is 2.20. The number of rotatable bonds is 10. The van der Waals surface area contributed by atoms with E-state index in [0.29, 0.717) is 34.3 Å². The van der Waals surface area contributed by atoms with Gasteiger partial charge in [0.2, 0.25) is 5.91 Å². The van der Waals surface area contributed by atoms with Crippen LogP contribution in [0.15, 0.2) is 59.8 Å². The molecule has 35 heavy (non-hydrogen) atoms. The van der Waals surface area contributed by atoms with Crippen LogP contribution in [0.2, 0.25) is 0 Å². The Balaban J connectivity index is 1.60. The number of hydrogen-bond acceptors (Lipinski definition) is 7. The normalized spacial score (nSPS) is 11.7. The van der Waals surface area contributed by atoms with Gasteiger partial charge in [0.15, 0.2) is 11.0 Å². The number of anilines is 1. The van der Waals surface area contributed by atoms with Crippen molar-refractivity contribution in [1.29, 1.82) is 0 Å². The summed E-state index contributed by atoms with van der Waals surface area (Å²) in [5.74, 6) is -0.179. The number of nitrogens with one attached hydrogen (secondary N) is 2. The molecule has 2 amide bonds. The molecular weight excluding hydrogens is 466 g/mol. The number of esters is 1. The van der Waals surface area contributed by atoms with Crippen molar-refractivity contribution >= 4 is 35.2 Å². The Hall–Kier alpha value is -3.66. The monoisotopic (exact) mass is 495 g/mol. The van der Waals surface area contributed by atoms with E-state index in [1.807, 2.05) is 36.6 Å². The molecule has 9 nitrogen and oxygen atoms in total. The van der Waals surface area contributed by atoms with E-state index in [1.165, 1.54) is 11.8 Å². The fourth-order valence-electron chi connectivity index (χ4n) is 3.29.